The molecule has 1 aliphatic heterocycles. The lowest BCUT2D eigenvalue weighted by Crippen LogP contribution is -2.19. The van der Waals surface area contributed by atoms with Gasteiger partial charge in [0.15, 0.2) is 0 Å². The van der Waals surface area contributed by atoms with E-state index in [0.29, 0.717) is 6.42 Å². The number of aliphatic hydroxyl groups is 1. The number of thiazole rings is 1. The van der Waals surface area contributed by atoms with E-state index in [0.717, 1.165) is 36.6 Å². The molecule has 0 aromatic carbocycles. The summed E-state index contributed by atoms with van der Waals surface area (Å²) in [5.41, 5.74) is 1.21. The van der Waals surface area contributed by atoms with Crippen LogP contribution in [0.1, 0.15) is 50.7 Å². The molecule has 2 atom stereocenters. The van der Waals surface area contributed by atoms with Crippen LogP contribution in [0.4, 0.5) is 0 Å². The predicted octanol–water partition coefficient (Wildman–Crippen LogP) is 2.91. The first-order valence-electron chi connectivity index (χ1n) is 6.69. The predicted molar refractivity (Wildman–Crippen MR) is 74.1 cm³/mol. The smallest absolute Gasteiger partial charge is 0.0954 e. The fourth-order valence-corrected chi connectivity index (χ4v) is 3.26. The molecule has 2 unspecified atom stereocenters. The molecule has 0 radical (unpaired) electrons. The van der Waals surface area contributed by atoms with E-state index in [4.69, 9.17) is 4.74 Å². The number of nitrogens with zero attached hydrogens (tertiary/aromatic N) is 1. The van der Waals surface area contributed by atoms with Crippen molar-refractivity contribution in [2.75, 3.05) is 6.61 Å². The lowest BCUT2D eigenvalue weighted by atomic mass is 9.93. The van der Waals surface area contributed by atoms with Crippen molar-refractivity contribution in [2.45, 2.75) is 64.1 Å². The SMILES string of the molecule is CC(C)(C)c1csc(CC(O)CC2CCCO2)n1. The third kappa shape index (κ3) is 3.77. The van der Waals surface area contributed by atoms with Crippen molar-refractivity contribution in [3.05, 3.63) is 16.1 Å². The molecular formula is C14H23NO2S. The molecule has 4 heteroatoms. The first-order chi connectivity index (χ1) is 8.45. The Morgan fingerprint density at radius 2 is 2.33 bits per heavy atom. The van der Waals surface area contributed by atoms with Crippen LogP contribution in [-0.2, 0) is 16.6 Å². The summed E-state index contributed by atoms with van der Waals surface area (Å²) in [4.78, 5) is 4.61. The molecule has 1 aromatic heterocycles. The van der Waals surface area contributed by atoms with Gasteiger partial charge in [0.2, 0.25) is 0 Å². The summed E-state index contributed by atoms with van der Waals surface area (Å²) in [5.74, 6) is 0. The van der Waals surface area contributed by atoms with Crippen molar-refractivity contribution in [3.8, 4) is 0 Å². The van der Waals surface area contributed by atoms with E-state index in [2.05, 4.69) is 31.1 Å². The summed E-state index contributed by atoms with van der Waals surface area (Å²) in [5, 5.41) is 13.2. The first-order valence-corrected chi connectivity index (χ1v) is 7.57. The van der Waals surface area contributed by atoms with E-state index in [1.54, 1.807) is 11.3 Å². The van der Waals surface area contributed by atoms with Gasteiger partial charge in [-0.25, -0.2) is 4.98 Å². The van der Waals surface area contributed by atoms with Crippen molar-refractivity contribution in [2.24, 2.45) is 0 Å². The summed E-state index contributed by atoms with van der Waals surface area (Å²) >= 11 is 1.65. The van der Waals surface area contributed by atoms with Gasteiger partial charge in [-0.3, -0.25) is 0 Å². The van der Waals surface area contributed by atoms with Crippen LogP contribution < -0.4 is 0 Å². The normalized spacial score (nSPS) is 22.3. The zero-order valence-corrected chi connectivity index (χ0v) is 12.3. The average molecular weight is 269 g/mol. The average Bonchev–Trinajstić information content (AvgIpc) is 2.87. The molecule has 0 bridgehead atoms. The van der Waals surface area contributed by atoms with Gasteiger partial charge in [0.05, 0.1) is 22.9 Å². The highest BCUT2D eigenvalue weighted by molar-refractivity contribution is 7.09. The first kappa shape index (κ1) is 14.0. The summed E-state index contributed by atoms with van der Waals surface area (Å²) in [6.45, 7) is 7.33. The molecule has 2 heterocycles. The van der Waals surface area contributed by atoms with Crippen molar-refractivity contribution >= 4 is 11.3 Å². The maximum atomic E-state index is 10.1. The number of aromatic nitrogens is 1. The highest BCUT2D eigenvalue weighted by Gasteiger charge is 2.22. The molecule has 1 aromatic rings. The van der Waals surface area contributed by atoms with Crippen molar-refractivity contribution in [1.29, 1.82) is 0 Å². The van der Waals surface area contributed by atoms with Crippen LogP contribution in [0.3, 0.4) is 0 Å². The van der Waals surface area contributed by atoms with E-state index < -0.39 is 0 Å². The van der Waals surface area contributed by atoms with Crippen LogP contribution >= 0.6 is 11.3 Å². The van der Waals surface area contributed by atoms with E-state index >= 15 is 0 Å². The van der Waals surface area contributed by atoms with Gasteiger partial charge in [0.1, 0.15) is 0 Å². The van der Waals surface area contributed by atoms with E-state index in [1.165, 1.54) is 0 Å². The van der Waals surface area contributed by atoms with Crippen LogP contribution in [-0.4, -0.2) is 28.9 Å². The number of aliphatic hydroxyl groups excluding tert-OH is 1. The van der Waals surface area contributed by atoms with Gasteiger partial charge in [-0.15, -0.1) is 11.3 Å². The van der Waals surface area contributed by atoms with Gasteiger partial charge >= 0.3 is 0 Å². The Balaban J connectivity index is 1.86. The van der Waals surface area contributed by atoms with Gasteiger partial charge < -0.3 is 9.84 Å². The Kier molecular flexibility index (Phi) is 4.41. The zero-order valence-electron chi connectivity index (χ0n) is 11.5. The summed E-state index contributed by atoms with van der Waals surface area (Å²) in [6.07, 6.45) is 3.53. The third-order valence-electron chi connectivity index (χ3n) is 3.29. The Morgan fingerprint density at radius 1 is 1.56 bits per heavy atom. The highest BCUT2D eigenvalue weighted by Crippen LogP contribution is 2.25. The summed E-state index contributed by atoms with van der Waals surface area (Å²) in [7, 11) is 0. The van der Waals surface area contributed by atoms with Crippen molar-refractivity contribution < 1.29 is 9.84 Å². The molecule has 0 aliphatic carbocycles. The van der Waals surface area contributed by atoms with Gasteiger partial charge in [-0.2, -0.15) is 0 Å². The molecule has 1 N–H and O–H groups in total. The molecule has 1 saturated heterocycles. The van der Waals surface area contributed by atoms with Crippen LogP contribution in [0.15, 0.2) is 5.38 Å². The molecular weight excluding hydrogens is 246 g/mol. The van der Waals surface area contributed by atoms with Crippen LogP contribution in [0, 0.1) is 0 Å². The van der Waals surface area contributed by atoms with E-state index in [9.17, 15) is 5.11 Å². The number of hydrogen-bond acceptors (Lipinski definition) is 4. The Labute approximate surface area is 113 Å². The maximum Gasteiger partial charge on any atom is 0.0954 e. The van der Waals surface area contributed by atoms with Gasteiger partial charge in [-0.1, -0.05) is 20.8 Å². The topological polar surface area (TPSA) is 42.4 Å². The van der Waals surface area contributed by atoms with Gasteiger partial charge in [-0.05, 0) is 19.3 Å². The molecule has 102 valence electrons. The van der Waals surface area contributed by atoms with Gasteiger partial charge in [0.25, 0.3) is 0 Å². The second kappa shape index (κ2) is 5.68. The van der Waals surface area contributed by atoms with Crippen molar-refractivity contribution in [1.82, 2.24) is 4.98 Å². The van der Waals surface area contributed by atoms with Crippen molar-refractivity contribution in [3.63, 3.8) is 0 Å². The number of ether oxygens (including phenoxy) is 1. The minimum atomic E-state index is -0.327. The Bertz CT molecular complexity index is 377. The highest BCUT2D eigenvalue weighted by atomic mass is 32.1. The van der Waals surface area contributed by atoms with Crippen LogP contribution in [0.25, 0.3) is 0 Å². The number of hydrogen-bond donors (Lipinski definition) is 1. The standard InChI is InChI=1S/C14H23NO2S/c1-14(2,3)12-9-18-13(15-12)8-10(16)7-11-5-4-6-17-11/h9-11,16H,4-8H2,1-3H3. The van der Waals surface area contributed by atoms with Gasteiger partial charge in [0, 0.05) is 23.8 Å². The largest absolute Gasteiger partial charge is 0.393 e. The van der Waals surface area contributed by atoms with E-state index in [1.807, 2.05) is 0 Å². The maximum absolute atomic E-state index is 10.1. The molecule has 0 saturated carbocycles. The Hall–Kier alpha value is -0.450. The lowest BCUT2D eigenvalue weighted by Gasteiger charge is -2.15. The monoisotopic (exact) mass is 269 g/mol. The molecule has 1 fully saturated rings. The lowest BCUT2D eigenvalue weighted by molar-refractivity contribution is 0.0540. The molecule has 3 nitrogen and oxygen atoms in total. The second-order valence-corrected chi connectivity index (χ2v) is 7.05. The fourth-order valence-electron chi connectivity index (χ4n) is 2.17. The molecule has 2 rings (SSSR count). The molecule has 18 heavy (non-hydrogen) atoms. The van der Waals surface area contributed by atoms with Crippen LogP contribution in [0.5, 0.6) is 0 Å². The number of rotatable bonds is 4. The van der Waals surface area contributed by atoms with E-state index in [-0.39, 0.29) is 17.6 Å². The Morgan fingerprint density at radius 3 is 2.89 bits per heavy atom. The minimum Gasteiger partial charge on any atom is -0.393 e. The summed E-state index contributed by atoms with van der Waals surface area (Å²) in [6, 6.07) is 0. The zero-order chi connectivity index (χ0) is 13.2. The second-order valence-electron chi connectivity index (χ2n) is 6.11. The van der Waals surface area contributed by atoms with Crippen LogP contribution in [0.2, 0.25) is 0 Å². The minimum absolute atomic E-state index is 0.0915. The molecule has 0 spiro atoms. The third-order valence-corrected chi connectivity index (χ3v) is 4.16. The fraction of sp³-hybridized carbons (Fsp3) is 0.786. The summed E-state index contributed by atoms with van der Waals surface area (Å²) < 4.78 is 5.54. The molecule has 0 amide bonds. The quantitative estimate of drug-likeness (QED) is 0.914. The molecule has 1 aliphatic rings.